The molecule has 7 heteroatoms. The molecule has 1 aliphatic heterocycles. The van der Waals surface area contributed by atoms with Gasteiger partial charge in [-0.25, -0.2) is 0 Å². The molecule has 2 heterocycles. The standard InChI is InChI=1S/C20H21N3O3S/c24-18(12-27-14-7-8-14)23-9-3-4-13(11-23)22-20(26)16-10-21-17-6-2-1-5-15(17)19(16)25/h1-6,10,13-14H,7-9,11-12H2,(H,21,25)(H,22,26). The average Bonchev–Trinajstić information content (AvgIpc) is 3.51. The van der Waals surface area contributed by atoms with Gasteiger partial charge in [0.15, 0.2) is 0 Å². The van der Waals surface area contributed by atoms with E-state index >= 15 is 0 Å². The van der Waals surface area contributed by atoms with E-state index in [1.807, 2.05) is 18.2 Å². The van der Waals surface area contributed by atoms with Crippen LogP contribution in [0.25, 0.3) is 10.9 Å². The van der Waals surface area contributed by atoms with E-state index in [2.05, 4.69) is 10.3 Å². The number of carbonyl (C=O) groups excluding carboxylic acids is 2. The van der Waals surface area contributed by atoms with Crippen molar-refractivity contribution in [3.63, 3.8) is 0 Å². The lowest BCUT2D eigenvalue weighted by Gasteiger charge is -2.29. The first-order valence-electron chi connectivity index (χ1n) is 9.09. The number of fused-ring (bicyclic) bond motifs is 1. The van der Waals surface area contributed by atoms with Crippen molar-refractivity contribution in [3.05, 3.63) is 58.4 Å². The van der Waals surface area contributed by atoms with E-state index < -0.39 is 5.91 Å². The highest BCUT2D eigenvalue weighted by atomic mass is 32.2. The molecule has 0 saturated heterocycles. The number of thioether (sulfide) groups is 1. The second-order valence-corrected chi connectivity index (χ2v) is 8.18. The number of aromatic amines is 1. The number of pyridine rings is 1. The van der Waals surface area contributed by atoms with E-state index in [9.17, 15) is 14.4 Å². The minimum absolute atomic E-state index is 0.0786. The Balaban J connectivity index is 1.42. The zero-order chi connectivity index (χ0) is 18.8. The van der Waals surface area contributed by atoms with Crippen LogP contribution in [-0.2, 0) is 4.79 Å². The summed E-state index contributed by atoms with van der Waals surface area (Å²) in [6.45, 7) is 0.991. The number of hydrogen-bond donors (Lipinski definition) is 2. The van der Waals surface area contributed by atoms with Crippen LogP contribution in [0.3, 0.4) is 0 Å². The molecule has 1 aliphatic carbocycles. The van der Waals surface area contributed by atoms with Crippen molar-refractivity contribution in [2.24, 2.45) is 0 Å². The largest absolute Gasteiger partial charge is 0.360 e. The summed E-state index contributed by atoms with van der Waals surface area (Å²) < 4.78 is 0. The number of carbonyl (C=O) groups is 2. The molecule has 2 aliphatic rings. The molecule has 4 rings (SSSR count). The predicted octanol–water partition coefficient (Wildman–Crippen LogP) is 1.92. The number of H-pyrrole nitrogens is 1. The van der Waals surface area contributed by atoms with Crippen LogP contribution in [0.1, 0.15) is 23.2 Å². The van der Waals surface area contributed by atoms with Gasteiger partial charge in [-0.15, -0.1) is 11.8 Å². The number of para-hydroxylation sites is 1. The van der Waals surface area contributed by atoms with Gasteiger partial charge >= 0.3 is 0 Å². The topological polar surface area (TPSA) is 82.3 Å². The fraction of sp³-hybridized carbons (Fsp3) is 0.350. The molecular weight excluding hydrogens is 362 g/mol. The summed E-state index contributed by atoms with van der Waals surface area (Å²) in [4.78, 5) is 42.3. The van der Waals surface area contributed by atoms with E-state index in [4.69, 9.17) is 0 Å². The van der Waals surface area contributed by atoms with Crippen LogP contribution < -0.4 is 10.7 Å². The number of rotatable bonds is 5. The molecule has 1 atom stereocenters. The normalized spacial score (nSPS) is 19.3. The molecule has 1 fully saturated rings. The molecule has 0 spiro atoms. The summed E-state index contributed by atoms with van der Waals surface area (Å²) in [6, 6.07) is 6.80. The van der Waals surface area contributed by atoms with Crippen molar-refractivity contribution in [1.82, 2.24) is 15.2 Å². The third-order valence-electron chi connectivity index (χ3n) is 4.78. The average molecular weight is 383 g/mol. The number of hydrogen-bond acceptors (Lipinski definition) is 4. The van der Waals surface area contributed by atoms with Gasteiger partial charge in [-0.2, -0.15) is 0 Å². The van der Waals surface area contributed by atoms with E-state index in [-0.39, 0.29) is 22.9 Å². The van der Waals surface area contributed by atoms with Gasteiger partial charge in [0, 0.05) is 35.4 Å². The van der Waals surface area contributed by atoms with Gasteiger partial charge in [0.05, 0.1) is 11.8 Å². The van der Waals surface area contributed by atoms with Crippen molar-refractivity contribution >= 4 is 34.5 Å². The molecule has 140 valence electrons. The lowest BCUT2D eigenvalue weighted by Crippen LogP contribution is -2.48. The van der Waals surface area contributed by atoms with E-state index in [0.29, 0.717) is 35.0 Å². The van der Waals surface area contributed by atoms with Crippen molar-refractivity contribution in [3.8, 4) is 0 Å². The lowest BCUT2D eigenvalue weighted by molar-refractivity contribution is -0.128. The second kappa shape index (κ2) is 7.60. The molecule has 2 amide bonds. The second-order valence-electron chi connectivity index (χ2n) is 6.89. The first kappa shape index (κ1) is 17.9. The van der Waals surface area contributed by atoms with E-state index in [1.54, 1.807) is 34.9 Å². The smallest absolute Gasteiger partial charge is 0.257 e. The van der Waals surface area contributed by atoms with Gasteiger partial charge < -0.3 is 15.2 Å². The van der Waals surface area contributed by atoms with Gasteiger partial charge in [-0.1, -0.05) is 24.3 Å². The molecule has 1 aromatic heterocycles. The van der Waals surface area contributed by atoms with Crippen LogP contribution in [-0.4, -0.2) is 51.8 Å². The fourth-order valence-corrected chi connectivity index (χ4v) is 4.15. The Morgan fingerprint density at radius 3 is 2.89 bits per heavy atom. The molecule has 6 nitrogen and oxygen atoms in total. The van der Waals surface area contributed by atoms with Crippen LogP contribution in [0.5, 0.6) is 0 Å². The molecule has 27 heavy (non-hydrogen) atoms. The molecular formula is C20H21N3O3S. The molecule has 2 aromatic rings. The van der Waals surface area contributed by atoms with Crippen LogP contribution in [0.2, 0.25) is 0 Å². The third-order valence-corrected chi connectivity index (χ3v) is 6.14. The van der Waals surface area contributed by atoms with Gasteiger partial charge in [0.1, 0.15) is 5.56 Å². The highest BCUT2D eigenvalue weighted by Crippen LogP contribution is 2.34. The zero-order valence-electron chi connectivity index (χ0n) is 14.8. The summed E-state index contributed by atoms with van der Waals surface area (Å²) in [7, 11) is 0. The molecule has 0 bridgehead atoms. The fourth-order valence-electron chi connectivity index (χ4n) is 3.12. The summed E-state index contributed by atoms with van der Waals surface area (Å²) in [5, 5.41) is 3.98. The van der Waals surface area contributed by atoms with Gasteiger partial charge in [0.25, 0.3) is 5.91 Å². The first-order chi connectivity index (χ1) is 13.1. The number of nitrogens with one attached hydrogen (secondary N) is 2. The minimum atomic E-state index is -0.432. The molecule has 0 radical (unpaired) electrons. The van der Waals surface area contributed by atoms with E-state index in [1.165, 1.54) is 19.0 Å². The number of aromatic nitrogens is 1. The zero-order valence-corrected chi connectivity index (χ0v) is 15.6. The Hall–Kier alpha value is -2.54. The van der Waals surface area contributed by atoms with Crippen LogP contribution >= 0.6 is 11.8 Å². The van der Waals surface area contributed by atoms with Gasteiger partial charge in [-0.05, 0) is 25.0 Å². The van der Waals surface area contributed by atoms with Crippen molar-refractivity contribution < 1.29 is 9.59 Å². The predicted molar refractivity (Wildman–Crippen MR) is 107 cm³/mol. The summed E-state index contributed by atoms with van der Waals surface area (Å²) in [5.41, 5.74) is 0.479. The minimum Gasteiger partial charge on any atom is -0.360 e. The Morgan fingerprint density at radius 2 is 2.07 bits per heavy atom. The molecule has 1 aromatic carbocycles. The SMILES string of the molecule is O=C(NC1C=CCN(C(=O)CSC2CC2)C1)c1c[nH]c2ccccc2c1=O. The van der Waals surface area contributed by atoms with Crippen LogP contribution in [0.15, 0.2) is 47.4 Å². The number of benzene rings is 1. The molecule has 1 unspecified atom stereocenters. The van der Waals surface area contributed by atoms with Gasteiger partial charge in [0.2, 0.25) is 11.3 Å². The maximum Gasteiger partial charge on any atom is 0.257 e. The van der Waals surface area contributed by atoms with Crippen LogP contribution in [0.4, 0.5) is 0 Å². The first-order valence-corrected chi connectivity index (χ1v) is 10.1. The quantitative estimate of drug-likeness (QED) is 0.773. The third kappa shape index (κ3) is 4.08. The highest BCUT2D eigenvalue weighted by Gasteiger charge is 2.26. The number of amides is 2. The summed E-state index contributed by atoms with van der Waals surface area (Å²) >= 11 is 1.71. The Kier molecular flexibility index (Phi) is 5.03. The molecule has 1 saturated carbocycles. The monoisotopic (exact) mass is 383 g/mol. The summed E-state index contributed by atoms with van der Waals surface area (Å²) in [5.74, 6) is 0.154. The maximum absolute atomic E-state index is 12.6. The Bertz CT molecular complexity index is 964. The van der Waals surface area contributed by atoms with E-state index in [0.717, 1.165) is 0 Å². The highest BCUT2D eigenvalue weighted by molar-refractivity contribution is 8.00. The summed E-state index contributed by atoms with van der Waals surface area (Å²) in [6.07, 6.45) is 7.62. The maximum atomic E-state index is 12.6. The molecule has 2 N–H and O–H groups in total. The Morgan fingerprint density at radius 1 is 1.26 bits per heavy atom. The van der Waals surface area contributed by atoms with Crippen molar-refractivity contribution in [2.75, 3.05) is 18.8 Å². The lowest BCUT2D eigenvalue weighted by atomic mass is 10.1. The van der Waals surface area contributed by atoms with Crippen molar-refractivity contribution in [1.29, 1.82) is 0 Å². The van der Waals surface area contributed by atoms with Crippen LogP contribution in [0, 0.1) is 0 Å². The number of nitrogens with zero attached hydrogens (tertiary/aromatic N) is 1. The van der Waals surface area contributed by atoms with Gasteiger partial charge in [-0.3, -0.25) is 14.4 Å². The Labute approximate surface area is 161 Å². The van der Waals surface area contributed by atoms with Crippen molar-refractivity contribution in [2.45, 2.75) is 24.1 Å².